The third-order valence-corrected chi connectivity index (χ3v) is 12.2. The minimum absolute atomic E-state index is 0.184. The first-order valence-electron chi connectivity index (χ1n) is 22.1. The summed E-state index contributed by atoms with van der Waals surface area (Å²) in [4.78, 5) is 54.0. The molecule has 0 aromatic heterocycles. The summed E-state index contributed by atoms with van der Waals surface area (Å²) in [6.07, 6.45) is 0. The number of rotatable bonds is 6. The lowest BCUT2D eigenvalue weighted by Crippen LogP contribution is -2.46. The quantitative estimate of drug-likeness (QED) is 0.214. The molecule has 3 saturated heterocycles. The monoisotopic (exact) mass is 823 g/mol. The minimum Gasteiger partial charge on any atom is -0.338 e. The molecule has 0 radical (unpaired) electrons. The molecule has 3 aromatic carbocycles. The lowest BCUT2D eigenvalue weighted by atomic mass is 10.0. The molecule has 0 atom stereocenters. The summed E-state index contributed by atoms with van der Waals surface area (Å²) in [5, 5.41) is 18.5. The zero-order chi connectivity index (χ0) is 41.8. The van der Waals surface area contributed by atoms with E-state index in [1.54, 1.807) is 0 Å². The number of urea groups is 3. The van der Waals surface area contributed by atoms with Crippen LogP contribution in [0.2, 0.25) is 0 Å². The maximum Gasteiger partial charge on any atom is 0.319 e. The highest BCUT2D eigenvalue weighted by atomic mass is 16.2. The fraction of sp³-hybridized carbons (Fsp3) is 0.533. The second kappa shape index (κ2) is 21.2. The first kappa shape index (κ1) is 43.3. The van der Waals surface area contributed by atoms with Crippen LogP contribution in [0.25, 0.3) is 0 Å². The van der Waals surface area contributed by atoms with Gasteiger partial charge in [-0.05, 0) is 54.2 Å². The maximum atomic E-state index is 13.0. The predicted molar refractivity (Wildman–Crippen MR) is 239 cm³/mol. The number of fused-ring (bicyclic) bond motifs is 3. The molecule has 0 unspecified atom stereocenters. The highest BCUT2D eigenvalue weighted by molar-refractivity contribution is 5.92. The first-order valence-corrected chi connectivity index (χ1v) is 22.1. The number of amides is 6. The van der Waals surface area contributed by atoms with Crippen LogP contribution < -0.4 is 31.9 Å². The van der Waals surface area contributed by atoms with Gasteiger partial charge in [0, 0.05) is 137 Å². The Kier molecular flexibility index (Phi) is 15.3. The maximum absolute atomic E-state index is 13.0. The molecule has 60 heavy (non-hydrogen) atoms. The van der Waals surface area contributed by atoms with E-state index in [1.165, 1.54) is 0 Å². The van der Waals surface area contributed by atoms with Crippen LogP contribution in [-0.2, 0) is 39.3 Å². The fourth-order valence-electron chi connectivity index (χ4n) is 8.95. The summed E-state index contributed by atoms with van der Waals surface area (Å²) < 4.78 is 0. The molecule has 6 N–H and O–H groups in total. The molecule has 15 heteroatoms. The average molecular weight is 823 g/mol. The molecule has 0 aliphatic carbocycles. The number of nitrogens with zero attached hydrogens (tertiary/aromatic N) is 6. The molecule has 3 aromatic rings. The van der Waals surface area contributed by atoms with Crippen molar-refractivity contribution in [3.8, 4) is 0 Å². The molecule has 324 valence electrons. The van der Waals surface area contributed by atoms with E-state index >= 15 is 0 Å². The van der Waals surface area contributed by atoms with E-state index in [4.69, 9.17) is 0 Å². The van der Waals surface area contributed by atoms with Crippen LogP contribution >= 0.6 is 0 Å². The molecule has 0 spiro atoms. The van der Waals surface area contributed by atoms with E-state index in [9.17, 15) is 14.4 Å². The summed E-state index contributed by atoms with van der Waals surface area (Å²) in [6.45, 7) is 22.8. The van der Waals surface area contributed by atoms with Crippen molar-refractivity contribution in [2.45, 2.75) is 60.0 Å². The number of piperazine rings is 3. The third kappa shape index (κ3) is 11.5. The van der Waals surface area contributed by atoms with Gasteiger partial charge in [0.1, 0.15) is 0 Å². The molecule has 7 aliphatic heterocycles. The SMILES string of the molecule is CCNC(=O)Nc1c2cccc1CN1CCN(CC1)Cc1cccc(c1NC(=O)NCC)CN1CCN(CC1)Cc1cccc(c1NC(=O)NCC)CN1CCN(CC1)C2. The summed E-state index contributed by atoms with van der Waals surface area (Å²) >= 11 is 0. The van der Waals surface area contributed by atoms with Crippen molar-refractivity contribution in [3.05, 3.63) is 88.0 Å². The molecule has 6 amide bonds. The number of benzene rings is 3. The van der Waals surface area contributed by atoms with Crippen molar-refractivity contribution >= 4 is 35.2 Å². The highest BCUT2D eigenvalue weighted by Gasteiger charge is 2.26. The van der Waals surface area contributed by atoms with Crippen LogP contribution in [-0.4, -0.2) is 146 Å². The van der Waals surface area contributed by atoms with E-state index in [2.05, 4.69) is 116 Å². The number of nitrogens with one attached hydrogen (secondary N) is 6. The number of anilines is 3. The van der Waals surface area contributed by atoms with E-state index in [1.807, 2.05) is 20.8 Å². The van der Waals surface area contributed by atoms with E-state index in [0.29, 0.717) is 19.6 Å². The molecule has 7 aliphatic rings. The van der Waals surface area contributed by atoms with Crippen molar-refractivity contribution < 1.29 is 14.4 Å². The van der Waals surface area contributed by atoms with Crippen molar-refractivity contribution in [1.29, 1.82) is 0 Å². The van der Waals surface area contributed by atoms with Crippen LogP contribution in [0.1, 0.15) is 54.2 Å². The van der Waals surface area contributed by atoms with Gasteiger partial charge in [-0.25, -0.2) is 14.4 Å². The van der Waals surface area contributed by atoms with Gasteiger partial charge in [0.2, 0.25) is 0 Å². The fourth-order valence-corrected chi connectivity index (χ4v) is 8.95. The topological polar surface area (TPSA) is 143 Å². The van der Waals surface area contributed by atoms with E-state index in [-0.39, 0.29) is 18.1 Å². The van der Waals surface area contributed by atoms with Gasteiger partial charge in [0.05, 0.1) is 17.1 Å². The van der Waals surface area contributed by atoms with Crippen LogP contribution in [0.4, 0.5) is 31.4 Å². The summed E-state index contributed by atoms with van der Waals surface area (Å²) in [5.41, 5.74) is 9.45. The lowest BCUT2D eigenvalue weighted by Gasteiger charge is -2.36. The molecule has 7 heterocycles. The zero-order valence-electron chi connectivity index (χ0n) is 36.0. The van der Waals surface area contributed by atoms with Gasteiger partial charge in [-0.2, -0.15) is 0 Å². The molecule has 0 saturated carbocycles. The average Bonchev–Trinajstić information content (AvgIpc) is 3.23. The Morgan fingerprint density at radius 2 is 0.550 bits per heavy atom. The van der Waals surface area contributed by atoms with Gasteiger partial charge < -0.3 is 31.9 Å². The van der Waals surface area contributed by atoms with Gasteiger partial charge in [-0.1, -0.05) is 54.6 Å². The van der Waals surface area contributed by atoms with Crippen molar-refractivity contribution in [2.75, 3.05) is 114 Å². The Hall–Kier alpha value is -4.77. The molecular formula is C45H66N12O3. The highest BCUT2D eigenvalue weighted by Crippen LogP contribution is 2.30. The van der Waals surface area contributed by atoms with Crippen LogP contribution in [0, 0.1) is 0 Å². The summed E-state index contributed by atoms with van der Waals surface area (Å²) in [6, 6.07) is 18.7. The van der Waals surface area contributed by atoms with Crippen molar-refractivity contribution in [2.24, 2.45) is 0 Å². The largest absolute Gasteiger partial charge is 0.338 e. The molecule has 12 bridgehead atoms. The third-order valence-electron chi connectivity index (χ3n) is 12.2. The standard InChI is InChI=1S/C45H66N12O3/c1-4-46-43(58)49-40-34-10-7-11-35(40)29-53-18-22-55(23-19-53)31-37-13-9-15-39(42(37)51-45(60)48-6-3)33-57-26-24-56(25-27-57)32-38-14-8-12-36(41(38)50-44(59)47-5-2)30-54-20-16-52(28-34)17-21-54/h7-15H,4-6,16-33H2,1-3H3,(H2,46,49,58)(H2,47,50,59)(H2,48,51,60). The number of carbonyl (C=O) groups is 3. The predicted octanol–water partition coefficient (Wildman–Crippen LogP) is 4.38. The van der Waals surface area contributed by atoms with Crippen molar-refractivity contribution in [1.82, 2.24) is 45.3 Å². The smallest absolute Gasteiger partial charge is 0.319 e. The first-order chi connectivity index (χ1) is 29.3. The number of hydrogen-bond acceptors (Lipinski definition) is 9. The zero-order valence-corrected chi connectivity index (χ0v) is 36.0. The normalized spacial score (nSPS) is 24.4. The molecule has 15 nitrogen and oxygen atoms in total. The van der Waals surface area contributed by atoms with Gasteiger partial charge in [0.15, 0.2) is 0 Å². The van der Waals surface area contributed by atoms with Gasteiger partial charge in [-0.3, -0.25) is 29.4 Å². The van der Waals surface area contributed by atoms with E-state index in [0.717, 1.165) is 168 Å². The summed E-state index contributed by atoms with van der Waals surface area (Å²) in [5.74, 6) is 0. The Morgan fingerprint density at radius 1 is 0.367 bits per heavy atom. The van der Waals surface area contributed by atoms with Gasteiger partial charge in [0.25, 0.3) is 0 Å². The van der Waals surface area contributed by atoms with Gasteiger partial charge in [-0.15, -0.1) is 0 Å². The van der Waals surface area contributed by atoms with Crippen LogP contribution in [0.5, 0.6) is 0 Å². The second-order valence-corrected chi connectivity index (χ2v) is 16.5. The molecular weight excluding hydrogens is 757 g/mol. The Balaban J connectivity index is 1.18. The number of carbonyl (C=O) groups excluding carboxylic acids is 3. The van der Waals surface area contributed by atoms with Crippen LogP contribution in [0.15, 0.2) is 54.6 Å². The Bertz CT molecular complexity index is 1600. The van der Waals surface area contributed by atoms with E-state index < -0.39 is 0 Å². The molecule has 10 rings (SSSR count). The Labute approximate surface area is 356 Å². The second-order valence-electron chi connectivity index (χ2n) is 16.5. The lowest BCUT2D eigenvalue weighted by molar-refractivity contribution is 0.121. The van der Waals surface area contributed by atoms with Crippen LogP contribution in [0.3, 0.4) is 0 Å². The number of para-hydroxylation sites is 3. The minimum atomic E-state index is -0.184. The number of hydrogen-bond donors (Lipinski definition) is 6. The van der Waals surface area contributed by atoms with Gasteiger partial charge >= 0.3 is 18.1 Å². The van der Waals surface area contributed by atoms with Crippen molar-refractivity contribution in [3.63, 3.8) is 0 Å². The summed E-state index contributed by atoms with van der Waals surface area (Å²) in [7, 11) is 0. The Morgan fingerprint density at radius 3 is 0.717 bits per heavy atom. The molecule has 3 fully saturated rings.